The lowest BCUT2D eigenvalue weighted by Crippen LogP contribution is -2.38. The second kappa shape index (κ2) is 8.85. The Morgan fingerprint density at radius 2 is 1.70 bits per heavy atom. The van der Waals surface area contributed by atoms with Crippen molar-refractivity contribution in [3.63, 3.8) is 0 Å². The van der Waals surface area contributed by atoms with Gasteiger partial charge in [-0.05, 0) is 17.7 Å². The molecule has 156 valence electrons. The number of nitrogens with zero attached hydrogens (tertiary/aromatic N) is 2. The normalized spacial score (nSPS) is 18.2. The average Bonchev–Trinajstić information content (AvgIpc) is 3.02. The summed E-state index contributed by atoms with van der Waals surface area (Å²) in [4.78, 5) is 37.3. The van der Waals surface area contributed by atoms with Crippen molar-refractivity contribution in [3.05, 3.63) is 81.4 Å². The van der Waals surface area contributed by atoms with E-state index < -0.39 is 28.9 Å². The van der Waals surface area contributed by atoms with Gasteiger partial charge in [0, 0.05) is 31.9 Å². The zero-order valence-electron chi connectivity index (χ0n) is 16.3. The average molecular weight is 412 g/mol. The predicted octanol–water partition coefficient (Wildman–Crippen LogP) is 2.64. The van der Waals surface area contributed by atoms with E-state index in [2.05, 4.69) is 0 Å². The molecule has 1 N–H and O–H groups in total. The first-order chi connectivity index (χ1) is 14.4. The van der Waals surface area contributed by atoms with Crippen LogP contribution in [0.15, 0.2) is 60.2 Å². The number of non-ortho nitro benzene ring substituents is 1. The number of hydrogen-bond donors (Lipinski definition) is 1. The van der Waals surface area contributed by atoms with Crippen LogP contribution in [-0.2, 0) is 19.1 Å². The largest absolute Gasteiger partial charge is 0.507 e. The lowest BCUT2D eigenvalue weighted by Gasteiger charge is -2.28. The Bertz CT molecular complexity index is 982. The Balaban J connectivity index is 2.15. The molecular formula is C21H20N2O7. The van der Waals surface area contributed by atoms with Gasteiger partial charge in [0.2, 0.25) is 0 Å². The van der Waals surface area contributed by atoms with Crippen LogP contribution in [0.3, 0.4) is 0 Å². The molecule has 0 radical (unpaired) electrons. The van der Waals surface area contributed by atoms with E-state index in [9.17, 15) is 24.8 Å². The molecule has 1 heterocycles. The molecule has 2 aromatic carbocycles. The van der Waals surface area contributed by atoms with Gasteiger partial charge in [0.15, 0.2) is 6.29 Å². The molecule has 2 aromatic rings. The van der Waals surface area contributed by atoms with E-state index in [1.54, 1.807) is 30.3 Å². The highest BCUT2D eigenvalue weighted by molar-refractivity contribution is 6.46. The molecule has 3 rings (SSSR count). The van der Waals surface area contributed by atoms with E-state index in [0.717, 1.165) is 0 Å². The summed E-state index contributed by atoms with van der Waals surface area (Å²) < 4.78 is 10.3. The molecule has 1 saturated heterocycles. The Hall–Kier alpha value is -3.56. The number of carbonyl (C=O) groups excluding carboxylic acids is 2. The van der Waals surface area contributed by atoms with E-state index in [1.807, 2.05) is 0 Å². The first-order valence-electron chi connectivity index (χ1n) is 9.02. The summed E-state index contributed by atoms with van der Waals surface area (Å²) >= 11 is 0. The molecule has 9 heteroatoms. The van der Waals surface area contributed by atoms with Gasteiger partial charge in [-0.2, -0.15) is 0 Å². The van der Waals surface area contributed by atoms with E-state index >= 15 is 0 Å². The lowest BCUT2D eigenvalue weighted by molar-refractivity contribution is -0.384. The van der Waals surface area contributed by atoms with Crippen LogP contribution in [-0.4, -0.2) is 53.7 Å². The van der Waals surface area contributed by atoms with Gasteiger partial charge in [-0.1, -0.05) is 30.3 Å². The molecule has 1 unspecified atom stereocenters. The van der Waals surface area contributed by atoms with Crippen LogP contribution >= 0.6 is 0 Å². The van der Waals surface area contributed by atoms with Gasteiger partial charge in [0.05, 0.1) is 23.1 Å². The molecular weight excluding hydrogens is 392 g/mol. The molecule has 1 aliphatic heterocycles. The second-order valence-electron chi connectivity index (χ2n) is 6.57. The molecule has 0 spiro atoms. The molecule has 1 aliphatic rings. The van der Waals surface area contributed by atoms with Gasteiger partial charge in [-0.3, -0.25) is 19.7 Å². The molecule has 1 fully saturated rings. The summed E-state index contributed by atoms with van der Waals surface area (Å²) in [5, 5.41) is 21.8. The van der Waals surface area contributed by atoms with Crippen molar-refractivity contribution < 1.29 is 29.1 Å². The molecule has 1 amide bonds. The lowest BCUT2D eigenvalue weighted by atomic mass is 9.95. The maximum absolute atomic E-state index is 12.8. The van der Waals surface area contributed by atoms with Gasteiger partial charge >= 0.3 is 0 Å². The number of Topliss-reactive ketones (excluding diaryl/α,β-unsaturated/α-hetero) is 1. The third kappa shape index (κ3) is 3.93. The number of rotatable bonds is 7. The van der Waals surface area contributed by atoms with Crippen LogP contribution in [0.25, 0.3) is 5.76 Å². The Kier molecular flexibility index (Phi) is 6.24. The van der Waals surface area contributed by atoms with Crippen LogP contribution in [0.4, 0.5) is 5.69 Å². The molecule has 0 aromatic heterocycles. The van der Waals surface area contributed by atoms with E-state index in [0.29, 0.717) is 11.1 Å². The van der Waals surface area contributed by atoms with Crippen molar-refractivity contribution in [3.8, 4) is 0 Å². The maximum atomic E-state index is 12.8. The molecule has 0 bridgehead atoms. The standard InChI is InChI=1S/C21H20N2O7/c1-29-16(30-2)12-22-18(13-8-10-15(11-9-13)23(27)28)17(20(25)21(22)26)19(24)14-6-4-3-5-7-14/h3-11,16,18,24H,12H2,1-2H3/b19-17+. The topological polar surface area (TPSA) is 119 Å². The van der Waals surface area contributed by atoms with E-state index in [-0.39, 0.29) is 23.6 Å². The number of ketones is 1. The molecule has 9 nitrogen and oxygen atoms in total. The molecule has 0 saturated carbocycles. The van der Waals surface area contributed by atoms with Crippen molar-refractivity contribution in [1.29, 1.82) is 0 Å². The SMILES string of the molecule is COC(CN1C(=O)C(=O)/C(=C(/O)c2ccccc2)C1c1ccc([N+](=O)[O-])cc1)OC. The fourth-order valence-electron chi connectivity index (χ4n) is 3.35. The number of aliphatic hydroxyl groups is 1. The molecule has 0 aliphatic carbocycles. The Morgan fingerprint density at radius 1 is 1.10 bits per heavy atom. The van der Waals surface area contributed by atoms with Gasteiger partial charge in [0.25, 0.3) is 17.4 Å². The van der Waals surface area contributed by atoms with Gasteiger partial charge in [-0.25, -0.2) is 0 Å². The molecule has 30 heavy (non-hydrogen) atoms. The first-order valence-corrected chi connectivity index (χ1v) is 9.02. The van der Waals surface area contributed by atoms with Crippen molar-refractivity contribution in [2.24, 2.45) is 0 Å². The highest BCUT2D eigenvalue weighted by atomic mass is 16.7. The first kappa shape index (κ1) is 21.2. The minimum Gasteiger partial charge on any atom is -0.507 e. The summed E-state index contributed by atoms with van der Waals surface area (Å²) in [5.74, 6) is -2.01. The van der Waals surface area contributed by atoms with Crippen LogP contribution in [0.1, 0.15) is 17.2 Å². The third-order valence-corrected chi connectivity index (χ3v) is 4.88. The number of aliphatic hydroxyl groups excluding tert-OH is 1. The quantitative estimate of drug-likeness (QED) is 0.185. The maximum Gasteiger partial charge on any atom is 0.295 e. The highest BCUT2D eigenvalue weighted by Crippen LogP contribution is 2.39. The minimum absolute atomic E-state index is 0.0786. The van der Waals surface area contributed by atoms with Gasteiger partial charge < -0.3 is 19.5 Å². The summed E-state index contributed by atoms with van der Waals surface area (Å²) in [5.41, 5.74) is 0.567. The van der Waals surface area contributed by atoms with Crippen LogP contribution in [0.2, 0.25) is 0 Å². The van der Waals surface area contributed by atoms with Crippen LogP contribution in [0.5, 0.6) is 0 Å². The zero-order valence-corrected chi connectivity index (χ0v) is 16.3. The van der Waals surface area contributed by atoms with Gasteiger partial charge in [0.1, 0.15) is 5.76 Å². The number of likely N-dealkylation sites (tertiary alicyclic amines) is 1. The van der Waals surface area contributed by atoms with Crippen molar-refractivity contribution in [1.82, 2.24) is 4.90 Å². The zero-order chi connectivity index (χ0) is 21.8. The smallest absolute Gasteiger partial charge is 0.295 e. The summed E-state index contributed by atoms with van der Waals surface area (Å²) in [6.07, 6.45) is -0.805. The summed E-state index contributed by atoms with van der Waals surface area (Å²) in [6.45, 7) is -0.0786. The fourth-order valence-corrected chi connectivity index (χ4v) is 3.35. The predicted molar refractivity (Wildman–Crippen MR) is 106 cm³/mol. The fraction of sp³-hybridized carbons (Fsp3) is 0.238. The van der Waals surface area contributed by atoms with Crippen molar-refractivity contribution >= 4 is 23.1 Å². The number of carbonyl (C=O) groups is 2. The van der Waals surface area contributed by atoms with E-state index in [4.69, 9.17) is 9.47 Å². The summed E-state index contributed by atoms with van der Waals surface area (Å²) in [7, 11) is 2.80. The number of benzene rings is 2. The summed E-state index contributed by atoms with van der Waals surface area (Å²) in [6, 6.07) is 12.9. The van der Waals surface area contributed by atoms with Gasteiger partial charge in [-0.15, -0.1) is 0 Å². The number of hydrogen-bond acceptors (Lipinski definition) is 7. The van der Waals surface area contributed by atoms with Crippen molar-refractivity contribution in [2.45, 2.75) is 12.3 Å². The van der Waals surface area contributed by atoms with Crippen molar-refractivity contribution in [2.75, 3.05) is 20.8 Å². The minimum atomic E-state index is -0.959. The monoisotopic (exact) mass is 412 g/mol. The number of nitro groups is 1. The number of amides is 1. The Morgan fingerprint density at radius 3 is 2.23 bits per heavy atom. The van der Waals surface area contributed by atoms with Crippen LogP contribution in [0, 0.1) is 10.1 Å². The van der Waals surface area contributed by atoms with Crippen LogP contribution < -0.4 is 0 Å². The third-order valence-electron chi connectivity index (χ3n) is 4.88. The number of ether oxygens (including phenoxy) is 2. The van der Waals surface area contributed by atoms with E-state index in [1.165, 1.54) is 43.4 Å². The number of nitro benzene ring substituents is 1. The Labute approximate surface area is 172 Å². The molecule has 1 atom stereocenters. The highest BCUT2D eigenvalue weighted by Gasteiger charge is 2.46. The second-order valence-corrected chi connectivity index (χ2v) is 6.57. The number of methoxy groups -OCH3 is 2.